The van der Waals surface area contributed by atoms with Gasteiger partial charge >= 0.3 is 0 Å². The molecule has 152 valence electrons. The fraction of sp³-hybridized carbons (Fsp3) is 0.591. The van der Waals surface area contributed by atoms with E-state index < -0.39 is 11.7 Å². The van der Waals surface area contributed by atoms with Gasteiger partial charge in [-0.05, 0) is 70.5 Å². The molecule has 0 spiro atoms. The van der Waals surface area contributed by atoms with Crippen molar-refractivity contribution in [2.24, 2.45) is 0 Å². The van der Waals surface area contributed by atoms with Crippen molar-refractivity contribution in [2.75, 3.05) is 19.6 Å². The molecule has 3 heterocycles. The summed E-state index contributed by atoms with van der Waals surface area (Å²) in [4.78, 5) is 7.01. The number of pyridine rings is 1. The number of likely N-dealkylation sites (N-methyl/N-ethyl adjacent to an activating group) is 1. The van der Waals surface area contributed by atoms with Gasteiger partial charge in [0, 0.05) is 23.5 Å². The molecule has 0 aliphatic carbocycles. The van der Waals surface area contributed by atoms with Crippen LogP contribution in [0.25, 0.3) is 10.9 Å². The molecule has 0 radical (unpaired) electrons. The molecule has 0 saturated carbocycles. The molecule has 2 N–H and O–H groups in total. The highest BCUT2D eigenvalue weighted by Crippen LogP contribution is 2.42. The van der Waals surface area contributed by atoms with Crippen LogP contribution in [-0.4, -0.2) is 52.4 Å². The second kappa shape index (κ2) is 7.45. The molecule has 1 saturated heterocycles. The largest absolute Gasteiger partial charge is 0.485 e. The van der Waals surface area contributed by atoms with Crippen LogP contribution in [0.1, 0.15) is 50.8 Å². The highest BCUT2D eigenvalue weighted by atomic mass is 35.5. The first-order valence-electron chi connectivity index (χ1n) is 10.3. The minimum Gasteiger partial charge on any atom is -0.485 e. The standard InChI is InChI=1S/C22H30ClN3O2/c1-5-26-8-6-7-14(26)12-24-20-16-10-17-15(13(2)9-19(23)25-17)11-18(16)28-22(3,4)21(20)27/h9-11,14,20-21,24,27H,5-8,12H2,1-4H3/t14-,20?,21?/m1/s1. The monoisotopic (exact) mass is 403 g/mol. The first-order chi connectivity index (χ1) is 13.3. The summed E-state index contributed by atoms with van der Waals surface area (Å²) in [5, 5.41) is 16.2. The van der Waals surface area contributed by atoms with E-state index in [2.05, 4.69) is 22.1 Å². The number of nitrogens with zero attached hydrogens (tertiary/aromatic N) is 2. The van der Waals surface area contributed by atoms with Crippen LogP contribution >= 0.6 is 11.6 Å². The van der Waals surface area contributed by atoms with E-state index in [9.17, 15) is 5.11 Å². The molecule has 6 heteroatoms. The fourth-order valence-electron chi connectivity index (χ4n) is 4.67. The summed E-state index contributed by atoms with van der Waals surface area (Å²) in [6, 6.07) is 6.24. The highest BCUT2D eigenvalue weighted by molar-refractivity contribution is 6.29. The van der Waals surface area contributed by atoms with Crippen LogP contribution in [0.4, 0.5) is 0 Å². The average molecular weight is 404 g/mol. The molecule has 1 fully saturated rings. The zero-order valence-corrected chi connectivity index (χ0v) is 17.9. The summed E-state index contributed by atoms with van der Waals surface area (Å²) < 4.78 is 6.21. The summed E-state index contributed by atoms with van der Waals surface area (Å²) in [6.07, 6.45) is 1.78. The Kier molecular flexibility index (Phi) is 5.29. The number of fused-ring (bicyclic) bond motifs is 2. The van der Waals surface area contributed by atoms with Crippen LogP contribution in [0.3, 0.4) is 0 Å². The van der Waals surface area contributed by atoms with E-state index in [0.29, 0.717) is 11.2 Å². The van der Waals surface area contributed by atoms with Crippen LogP contribution in [0.15, 0.2) is 18.2 Å². The SMILES string of the molecule is CCN1CCC[C@@H]1CNC1c2cc3nc(Cl)cc(C)c3cc2OC(C)(C)C1O. The first-order valence-corrected chi connectivity index (χ1v) is 10.6. The second-order valence-corrected chi connectivity index (χ2v) is 9.02. The number of hydrogen-bond acceptors (Lipinski definition) is 5. The molecule has 2 aliphatic rings. The molecule has 0 bridgehead atoms. The Labute approximate surface area is 172 Å². The van der Waals surface area contributed by atoms with Gasteiger partial charge in [0.25, 0.3) is 0 Å². The summed E-state index contributed by atoms with van der Waals surface area (Å²) >= 11 is 6.18. The van der Waals surface area contributed by atoms with Crippen molar-refractivity contribution in [2.45, 2.75) is 64.3 Å². The lowest BCUT2D eigenvalue weighted by molar-refractivity contribution is -0.0650. The molecular weight excluding hydrogens is 374 g/mol. The van der Waals surface area contributed by atoms with Crippen molar-refractivity contribution in [3.8, 4) is 5.75 Å². The van der Waals surface area contributed by atoms with Crippen molar-refractivity contribution in [3.05, 3.63) is 34.5 Å². The Balaban J connectivity index is 1.71. The Bertz CT molecular complexity index is 886. The van der Waals surface area contributed by atoms with Crippen LogP contribution in [0.5, 0.6) is 5.75 Å². The second-order valence-electron chi connectivity index (χ2n) is 8.63. The number of hydrogen-bond donors (Lipinski definition) is 2. The van der Waals surface area contributed by atoms with E-state index >= 15 is 0 Å². The first kappa shape index (κ1) is 19.9. The van der Waals surface area contributed by atoms with E-state index in [1.165, 1.54) is 12.8 Å². The van der Waals surface area contributed by atoms with Gasteiger partial charge in [0.05, 0.1) is 11.6 Å². The number of aromatic nitrogens is 1. The summed E-state index contributed by atoms with van der Waals surface area (Å²) in [5.41, 5.74) is 2.18. The predicted molar refractivity (Wildman–Crippen MR) is 113 cm³/mol. The van der Waals surface area contributed by atoms with Gasteiger partial charge in [-0.15, -0.1) is 0 Å². The van der Waals surface area contributed by atoms with Gasteiger partial charge in [-0.25, -0.2) is 4.98 Å². The number of likely N-dealkylation sites (tertiary alicyclic amines) is 1. The molecule has 2 aromatic rings. The highest BCUT2D eigenvalue weighted by Gasteiger charge is 2.43. The lowest BCUT2D eigenvalue weighted by atomic mass is 9.85. The van der Waals surface area contributed by atoms with Gasteiger partial charge in [-0.1, -0.05) is 18.5 Å². The number of aryl methyl sites for hydroxylation is 1. The summed E-state index contributed by atoms with van der Waals surface area (Å²) in [7, 11) is 0. The third-order valence-electron chi connectivity index (χ3n) is 6.33. The van der Waals surface area contributed by atoms with Crippen LogP contribution < -0.4 is 10.1 Å². The molecule has 0 amide bonds. The van der Waals surface area contributed by atoms with Gasteiger partial charge in [0.1, 0.15) is 22.6 Å². The molecule has 4 rings (SSSR count). The Morgan fingerprint density at radius 3 is 2.89 bits per heavy atom. The maximum atomic E-state index is 11.1. The topological polar surface area (TPSA) is 57.6 Å². The lowest BCUT2D eigenvalue weighted by Crippen LogP contribution is -2.54. The predicted octanol–water partition coefficient (Wildman–Crippen LogP) is 3.84. The van der Waals surface area contributed by atoms with Gasteiger partial charge in [-0.2, -0.15) is 0 Å². The number of rotatable bonds is 4. The van der Waals surface area contributed by atoms with E-state index in [0.717, 1.165) is 47.4 Å². The molecule has 5 nitrogen and oxygen atoms in total. The molecule has 1 aromatic carbocycles. The van der Waals surface area contributed by atoms with Crippen molar-refractivity contribution in [1.29, 1.82) is 0 Å². The quantitative estimate of drug-likeness (QED) is 0.759. The van der Waals surface area contributed by atoms with Gasteiger partial charge in [-0.3, -0.25) is 4.90 Å². The molecule has 1 aromatic heterocycles. The van der Waals surface area contributed by atoms with Gasteiger partial charge in [0.15, 0.2) is 0 Å². The molecule has 2 unspecified atom stereocenters. The third kappa shape index (κ3) is 3.50. The van der Waals surface area contributed by atoms with Gasteiger partial charge < -0.3 is 15.2 Å². The number of aliphatic hydroxyl groups excluding tert-OH is 1. The number of aliphatic hydroxyl groups is 1. The Hall–Kier alpha value is -1.40. The van der Waals surface area contributed by atoms with Crippen molar-refractivity contribution >= 4 is 22.5 Å². The maximum absolute atomic E-state index is 11.1. The fourth-order valence-corrected chi connectivity index (χ4v) is 4.93. The summed E-state index contributed by atoms with van der Waals surface area (Å²) in [5.74, 6) is 0.811. The zero-order valence-electron chi connectivity index (χ0n) is 17.1. The number of ether oxygens (including phenoxy) is 1. The maximum Gasteiger partial charge on any atom is 0.131 e. The van der Waals surface area contributed by atoms with Gasteiger partial charge in [0.2, 0.25) is 0 Å². The van der Waals surface area contributed by atoms with E-state index in [1.54, 1.807) is 0 Å². The average Bonchev–Trinajstić information content (AvgIpc) is 3.09. The number of nitrogens with one attached hydrogen (secondary N) is 1. The summed E-state index contributed by atoms with van der Waals surface area (Å²) in [6.45, 7) is 11.2. The zero-order chi connectivity index (χ0) is 20.1. The normalized spacial score (nSPS) is 27.0. The van der Waals surface area contributed by atoms with Crippen molar-refractivity contribution in [1.82, 2.24) is 15.2 Å². The van der Waals surface area contributed by atoms with E-state index in [4.69, 9.17) is 16.3 Å². The van der Waals surface area contributed by atoms with Crippen LogP contribution in [-0.2, 0) is 0 Å². The Morgan fingerprint density at radius 2 is 2.14 bits per heavy atom. The Morgan fingerprint density at radius 1 is 1.36 bits per heavy atom. The number of benzene rings is 1. The molecule has 2 aliphatic heterocycles. The molecule has 28 heavy (non-hydrogen) atoms. The molecular formula is C22H30ClN3O2. The molecule has 3 atom stereocenters. The third-order valence-corrected chi connectivity index (χ3v) is 6.52. The minimum absolute atomic E-state index is 0.205. The van der Waals surface area contributed by atoms with Crippen molar-refractivity contribution < 1.29 is 9.84 Å². The smallest absolute Gasteiger partial charge is 0.131 e. The van der Waals surface area contributed by atoms with Crippen LogP contribution in [0.2, 0.25) is 5.15 Å². The number of halogens is 1. The van der Waals surface area contributed by atoms with Crippen LogP contribution in [0, 0.1) is 6.92 Å². The lowest BCUT2D eigenvalue weighted by Gasteiger charge is -2.43. The van der Waals surface area contributed by atoms with E-state index in [1.807, 2.05) is 39.0 Å². The minimum atomic E-state index is -0.674. The van der Waals surface area contributed by atoms with E-state index in [-0.39, 0.29) is 6.04 Å². The van der Waals surface area contributed by atoms with Crippen molar-refractivity contribution in [3.63, 3.8) is 0 Å².